The van der Waals surface area contributed by atoms with Crippen molar-refractivity contribution in [2.75, 3.05) is 23.3 Å². The van der Waals surface area contributed by atoms with Crippen LogP contribution in [-0.4, -0.2) is 30.3 Å². The number of piperidine rings is 1. The number of nitrogens with one attached hydrogen (secondary N) is 1. The second-order valence-corrected chi connectivity index (χ2v) is 7.84. The van der Waals surface area contributed by atoms with Gasteiger partial charge in [-0.3, -0.25) is 10.3 Å². The number of amides is 1. The van der Waals surface area contributed by atoms with Crippen molar-refractivity contribution >= 4 is 28.4 Å². The monoisotopic (exact) mass is 389 g/mol. The zero-order valence-corrected chi connectivity index (χ0v) is 17.0. The van der Waals surface area contributed by atoms with Gasteiger partial charge < -0.3 is 9.64 Å². The van der Waals surface area contributed by atoms with Crippen molar-refractivity contribution in [3.63, 3.8) is 0 Å². The molecule has 2 heterocycles. The molecule has 1 saturated heterocycles. The van der Waals surface area contributed by atoms with Gasteiger partial charge in [0.15, 0.2) is 0 Å². The van der Waals surface area contributed by atoms with Gasteiger partial charge >= 0.3 is 6.09 Å². The summed E-state index contributed by atoms with van der Waals surface area (Å²) in [5, 5.41) is 4.00. The molecule has 1 aromatic heterocycles. The average molecular weight is 389 g/mol. The zero-order chi connectivity index (χ0) is 20.2. The fourth-order valence-electron chi connectivity index (χ4n) is 3.82. The van der Waals surface area contributed by atoms with E-state index in [0.29, 0.717) is 5.92 Å². The highest BCUT2D eigenvalue weighted by molar-refractivity contribution is 5.91. The maximum Gasteiger partial charge on any atom is 0.411 e. The van der Waals surface area contributed by atoms with E-state index in [4.69, 9.17) is 4.74 Å². The van der Waals surface area contributed by atoms with Crippen molar-refractivity contribution < 1.29 is 9.53 Å². The molecule has 1 aliphatic heterocycles. The summed E-state index contributed by atoms with van der Waals surface area (Å²) in [5.41, 5.74) is 4.22. The number of aromatic nitrogens is 1. The summed E-state index contributed by atoms with van der Waals surface area (Å²) < 4.78 is 5.66. The lowest BCUT2D eigenvalue weighted by Crippen LogP contribution is -2.38. The highest BCUT2D eigenvalue weighted by atomic mass is 16.6. The number of pyridine rings is 1. The Morgan fingerprint density at radius 1 is 1.07 bits per heavy atom. The molecule has 1 N–H and O–H groups in total. The lowest BCUT2D eigenvalue weighted by Gasteiger charge is -2.33. The Morgan fingerprint density at radius 2 is 1.79 bits per heavy atom. The van der Waals surface area contributed by atoms with Crippen LogP contribution < -0.4 is 10.2 Å². The first-order chi connectivity index (χ1) is 14.1. The Kier molecular flexibility index (Phi) is 5.65. The van der Waals surface area contributed by atoms with Gasteiger partial charge in [0, 0.05) is 48.9 Å². The third-order valence-electron chi connectivity index (χ3n) is 5.51. The SMILES string of the molecule is CC(C)c1ccc(NC(=O)OC2CCN(c3ccnc4ccccc34)CC2)cc1. The molecule has 0 bridgehead atoms. The van der Waals surface area contributed by atoms with Crippen LogP contribution in [0.2, 0.25) is 0 Å². The van der Waals surface area contributed by atoms with Crippen molar-refractivity contribution in [1.29, 1.82) is 0 Å². The van der Waals surface area contributed by atoms with Crippen LogP contribution in [0.3, 0.4) is 0 Å². The highest BCUT2D eigenvalue weighted by Gasteiger charge is 2.23. The maximum atomic E-state index is 12.3. The van der Waals surface area contributed by atoms with Gasteiger partial charge in [-0.2, -0.15) is 0 Å². The van der Waals surface area contributed by atoms with Crippen LogP contribution >= 0.6 is 0 Å². The molecule has 0 atom stereocenters. The van der Waals surface area contributed by atoms with E-state index in [9.17, 15) is 4.79 Å². The molecule has 4 rings (SSSR count). The first kappa shape index (κ1) is 19.2. The molecule has 150 valence electrons. The Labute approximate surface area is 171 Å². The van der Waals surface area contributed by atoms with E-state index in [1.165, 1.54) is 11.3 Å². The van der Waals surface area contributed by atoms with Gasteiger partial charge in [-0.1, -0.05) is 44.2 Å². The maximum absolute atomic E-state index is 12.3. The fourth-order valence-corrected chi connectivity index (χ4v) is 3.82. The third-order valence-corrected chi connectivity index (χ3v) is 5.51. The Morgan fingerprint density at radius 3 is 2.52 bits per heavy atom. The van der Waals surface area contributed by atoms with Crippen LogP contribution in [0.1, 0.15) is 38.2 Å². The summed E-state index contributed by atoms with van der Waals surface area (Å²) in [6.07, 6.45) is 3.05. The van der Waals surface area contributed by atoms with Crippen LogP contribution in [0, 0.1) is 0 Å². The smallest absolute Gasteiger partial charge is 0.411 e. The fraction of sp³-hybridized carbons (Fsp3) is 0.333. The molecular weight excluding hydrogens is 362 g/mol. The molecule has 1 aliphatic rings. The van der Waals surface area contributed by atoms with E-state index < -0.39 is 0 Å². The minimum atomic E-state index is -0.380. The largest absolute Gasteiger partial charge is 0.446 e. The highest BCUT2D eigenvalue weighted by Crippen LogP contribution is 2.28. The van der Waals surface area contributed by atoms with Gasteiger partial charge in [0.05, 0.1) is 5.52 Å². The number of rotatable bonds is 4. The van der Waals surface area contributed by atoms with Crippen LogP contribution in [0.25, 0.3) is 10.9 Å². The predicted molar refractivity (Wildman–Crippen MR) is 118 cm³/mol. The van der Waals surface area contributed by atoms with E-state index >= 15 is 0 Å². The van der Waals surface area contributed by atoms with Crippen molar-refractivity contribution in [3.05, 3.63) is 66.4 Å². The number of carbonyl (C=O) groups is 1. The van der Waals surface area contributed by atoms with Gasteiger partial charge in [0.2, 0.25) is 0 Å². The quantitative estimate of drug-likeness (QED) is 0.633. The van der Waals surface area contributed by atoms with Crippen LogP contribution in [-0.2, 0) is 4.74 Å². The molecular formula is C24H27N3O2. The number of hydrogen-bond acceptors (Lipinski definition) is 4. The molecule has 0 aliphatic carbocycles. The Balaban J connectivity index is 1.32. The summed E-state index contributed by atoms with van der Waals surface area (Å²) in [7, 11) is 0. The minimum absolute atomic E-state index is 0.0608. The topological polar surface area (TPSA) is 54.5 Å². The summed E-state index contributed by atoms with van der Waals surface area (Å²) in [6.45, 7) is 6.01. The van der Waals surface area contributed by atoms with Crippen LogP contribution in [0.4, 0.5) is 16.2 Å². The lowest BCUT2D eigenvalue weighted by molar-refractivity contribution is 0.0951. The molecule has 2 aromatic carbocycles. The lowest BCUT2D eigenvalue weighted by atomic mass is 10.0. The molecule has 5 nitrogen and oxygen atoms in total. The van der Waals surface area contributed by atoms with E-state index in [1.807, 2.05) is 48.7 Å². The van der Waals surface area contributed by atoms with Gasteiger partial charge in [-0.25, -0.2) is 4.79 Å². The molecule has 0 radical (unpaired) electrons. The van der Waals surface area contributed by atoms with E-state index in [-0.39, 0.29) is 12.2 Å². The first-order valence-electron chi connectivity index (χ1n) is 10.3. The van der Waals surface area contributed by atoms with Crippen LogP contribution in [0.5, 0.6) is 0 Å². The van der Waals surface area contributed by atoms with Crippen molar-refractivity contribution in [1.82, 2.24) is 4.98 Å². The molecule has 29 heavy (non-hydrogen) atoms. The number of fused-ring (bicyclic) bond motifs is 1. The number of carbonyl (C=O) groups excluding carboxylic acids is 1. The van der Waals surface area contributed by atoms with Gasteiger partial charge in [0.1, 0.15) is 6.10 Å². The zero-order valence-electron chi connectivity index (χ0n) is 17.0. The third kappa shape index (κ3) is 4.50. The second kappa shape index (κ2) is 8.52. The number of ether oxygens (including phenoxy) is 1. The van der Waals surface area contributed by atoms with Gasteiger partial charge in [-0.15, -0.1) is 0 Å². The van der Waals surface area contributed by atoms with Gasteiger partial charge in [-0.05, 0) is 35.7 Å². The Hall–Kier alpha value is -3.08. The van der Waals surface area contributed by atoms with E-state index in [2.05, 4.69) is 41.2 Å². The summed E-state index contributed by atoms with van der Waals surface area (Å²) in [6, 6.07) is 18.2. The first-order valence-corrected chi connectivity index (χ1v) is 10.3. The normalized spacial score (nSPS) is 14.9. The standard InChI is InChI=1S/C24H27N3O2/c1-17(2)18-7-9-19(10-8-18)26-24(28)29-20-12-15-27(16-13-20)23-11-14-25-22-6-4-3-5-21(22)23/h3-11,14,17,20H,12-13,15-16H2,1-2H3,(H,26,28). The van der Waals surface area contributed by atoms with Crippen molar-refractivity contribution in [3.8, 4) is 0 Å². The second-order valence-electron chi connectivity index (χ2n) is 7.84. The number of benzene rings is 2. The molecule has 1 fully saturated rings. The molecule has 0 spiro atoms. The molecule has 3 aromatic rings. The van der Waals surface area contributed by atoms with Gasteiger partial charge in [0.25, 0.3) is 0 Å². The summed E-state index contributed by atoms with van der Waals surface area (Å²) in [5.74, 6) is 0.471. The van der Waals surface area contributed by atoms with Crippen LogP contribution in [0.15, 0.2) is 60.8 Å². The Bertz CT molecular complexity index is 972. The summed E-state index contributed by atoms with van der Waals surface area (Å²) in [4.78, 5) is 19.1. The van der Waals surface area contributed by atoms with Crippen molar-refractivity contribution in [2.45, 2.75) is 38.7 Å². The average Bonchev–Trinajstić information content (AvgIpc) is 2.74. The number of para-hydroxylation sites is 1. The number of hydrogen-bond donors (Lipinski definition) is 1. The van der Waals surface area contributed by atoms with E-state index in [0.717, 1.165) is 42.5 Å². The van der Waals surface area contributed by atoms with Crippen molar-refractivity contribution in [2.24, 2.45) is 0 Å². The molecule has 5 heteroatoms. The minimum Gasteiger partial charge on any atom is -0.446 e. The predicted octanol–water partition coefficient (Wildman–Crippen LogP) is 5.58. The summed E-state index contributed by atoms with van der Waals surface area (Å²) >= 11 is 0. The number of nitrogens with zero attached hydrogens (tertiary/aromatic N) is 2. The molecule has 1 amide bonds. The molecule has 0 unspecified atom stereocenters. The molecule has 0 saturated carbocycles. The van der Waals surface area contributed by atoms with E-state index in [1.54, 1.807) is 0 Å². The number of anilines is 2.